The Morgan fingerprint density at radius 2 is 1.68 bits per heavy atom. The summed E-state index contributed by atoms with van der Waals surface area (Å²) in [5, 5.41) is 11.4. The van der Waals surface area contributed by atoms with Gasteiger partial charge < -0.3 is 10.4 Å². The predicted molar refractivity (Wildman–Crippen MR) is 80.6 cm³/mol. The summed E-state index contributed by atoms with van der Waals surface area (Å²) >= 11 is 1.60. The minimum atomic E-state index is -0.956. The van der Waals surface area contributed by atoms with Crippen molar-refractivity contribution in [3.8, 4) is 0 Å². The normalized spacial score (nSPS) is 12.1. The molecule has 112 valence electrons. The summed E-state index contributed by atoms with van der Waals surface area (Å²) in [5.41, 5.74) is 0. The molecular weight excluding hydrogens is 262 g/mol. The number of aliphatic carboxylic acids is 1. The maximum Gasteiger partial charge on any atom is 0.327 e. The third kappa shape index (κ3) is 12.1. The molecule has 19 heavy (non-hydrogen) atoms. The minimum absolute atomic E-state index is 0.288. The largest absolute Gasteiger partial charge is 0.480 e. The lowest BCUT2D eigenvalue weighted by Crippen LogP contribution is -2.41. The smallest absolute Gasteiger partial charge is 0.327 e. The number of hydrogen-bond donors (Lipinski definition) is 2. The third-order valence-electron chi connectivity index (χ3n) is 2.85. The Kier molecular flexibility index (Phi) is 11.9. The number of hydrogen-bond acceptors (Lipinski definition) is 3. The van der Waals surface area contributed by atoms with E-state index in [1.807, 2.05) is 0 Å². The molecule has 0 aromatic carbocycles. The molecule has 0 aliphatic rings. The van der Waals surface area contributed by atoms with Gasteiger partial charge in [0.05, 0.1) is 0 Å². The first-order valence-electron chi connectivity index (χ1n) is 7.15. The zero-order valence-electron chi connectivity index (χ0n) is 12.1. The molecule has 0 saturated carbocycles. The lowest BCUT2D eigenvalue weighted by Gasteiger charge is -2.12. The van der Waals surface area contributed by atoms with E-state index in [-0.39, 0.29) is 5.91 Å². The van der Waals surface area contributed by atoms with E-state index in [0.717, 1.165) is 12.2 Å². The average Bonchev–Trinajstić information content (AvgIpc) is 2.34. The van der Waals surface area contributed by atoms with Crippen molar-refractivity contribution in [3.63, 3.8) is 0 Å². The van der Waals surface area contributed by atoms with Crippen LogP contribution in [-0.2, 0) is 9.59 Å². The van der Waals surface area contributed by atoms with Crippen LogP contribution in [0.15, 0.2) is 0 Å². The first kappa shape index (κ1) is 18.3. The lowest BCUT2D eigenvalue weighted by atomic mass is 10.1. The maximum atomic E-state index is 10.9. The van der Waals surface area contributed by atoms with Crippen LogP contribution in [0.1, 0.15) is 58.8 Å². The fraction of sp³-hybridized carbons (Fsp3) is 0.857. The SMILES string of the molecule is CCCCCCCCCSCC(NC(C)=O)C(=O)O. The average molecular weight is 289 g/mol. The highest BCUT2D eigenvalue weighted by Gasteiger charge is 2.17. The summed E-state index contributed by atoms with van der Waals surface area (Å²) in [6.07, 6.45) is 8.85. The molecule has 0 aliphatic carbocycles. The zero-order chi connectivity index (χ0) is 14.5. The van der Waals surface area contributed by atoms with Gasteiger partial charge in [0.2, 0.25) is 5.91 Å². The van der Waals surface area contributed by atoms with Crippen molar-refractivity contribution >= 4 is 23.6 Å². The number of thioether (sulfide) groups is 1. The molecule has 1 amide bonds. The van der Waals surface area contributed by atoms with Gasteiger partial charge in [0.15, 0.2) is 0 Å². The molecule has 2 N–H and O–H groups in total. The fourth-order valence-electron chi connectivity index (χ4n) is 1.78. The number of unbranched alkanes of at least 4 members (excludes halogenated alkanes) is 6. The van der Waals surface area contributed by atoms with Crippen LogP contribution in [0, 0.1) is 0 Å². The summed E-state index contributed by atoms with van der Waals surface area (Å²) < 4.78 is 0. The Labute approximate surface area is 120 Å². The second-order valence-electron chi connectivity index (χ2n) is 4.79. The van der Waals surface area contributed by atoms with Crippen molar-refractivity contribution in [2.24, 2.45) is 0 Å². The number of nitrogens with one attached hydrogen (secondary N) is 1. The molecule has 0 spiro atoms. The van der Waals surface area contributed by atoms with E-state index in [4.69, 9.17) is 5.11 Å². The Balaban J connectivity index is 3.45. The monoisotopic (exact) mass is 289 g/mol. The first-order chi connectivity index (χ1) is 9.07. The standard InChI is InChI=1S/C14H27NO3S/c1-3-4-5-6-7-8-9-10-19-11-13(14(17)18)15-12(2)16/h13H,3-11H2,1-2H3,(H,15,16)(H,17,18). The van der Waals surface area contributed by atoms with Gasteiger partial charge in [-0.25, -0.2) is 4.79 Å². The highest BCUT2D eigenvalue weighted by Crippen LogP contribution is 2.11. The molecule has 1 atom stereocenters. The summed E-state index contributed by atoms with van der Waals surface area (Å²) in [5.74, 6) is 0.174. The van der Waals surface area contributed by atoms with Gasteiger partial charge in [0, 0.05) is 12.7 Å². The van der Waals surface area contributed by atoms with Gasteiger partial charge in [-0.15, -0.1) is 0 Å². The van der Waals surface area contributed by atoms with E-state index in [1.165, 1.54) is 45.4 Å². The van der Waals surface area contributed by atoms with Gasteiger partial charge in [0.25, 0.3) is 0 Å². The second-order valence-corrected chi connectivity index (χ2v) is 5.94. The van der Waals surface area contributed by atoms with Crippen molar-refractivity contribution in [2.75, 3.05) is 11.5 Å². The number of carbonyl (C=O) groups excluding carboxylic acids is 1. The Morgan fingerprint density at radius 3 is 2.21 bits per heavy atom. The van der Waals surface area contributed by atoms with Crippen LogP contribution in [0.4, 0.5) is 0 Å². The number of carboxylic acid groups (broad SMARTS) is 1. The van der Waals surface area contributed by atoms with Gasteiger partial charge in [-0.3, -0.25) is 4.79 Å². The minimum Gasteiger partial charge on any atom is -0.480 e. The van der Waals surface area contributed by atoms with Crippen LogP contribution in [-0.4, -0.2) is 34.5 Å². The van der Waals surface area contributed by atoms with Crippen LogP contribution in [0.5, 0.6) is 0 Å². The van der Waals surface area contributed by atoms with Gasteiger partial charge in [-0.2, -0.15) is 11.8 Å². The van der Waals surface area contributed by atoms with Gasteiger partial charge in [-0.1, -0.05) is 45.4 Å². The molecule has 1 unspecified atom stereocenters. The molecular formula is C14H27NO3S. The highest BCUT2D eigenvalue weighted by atomic mass is 32.2. The second kappa shape index (κ2) is 12.3. The molecule has 5 heteroatoms. The van der Waals surface area contributed by atoms with Gasteiger partial charge in [0.1, 0.15) is 6.04 Å². The molecule has 0 radical (unpaired) electrons. The van der Waals surface area contributed by atoms with Crippen LogP contribution in [0.2, 0.25) is 0 Å². The van der Waals surface area contributed by atoms with E-state index >= 15 is 0 Å². The van der Waals surface area contributed by atoms with E-state index in [0.29, 0.717) is 5.75 Å². The molecule has 4 nitrogen and oxygen atoms in total. The first-order valence-corrected chi connectivity index (χ1v) is 8.31. The maximum absolute atomic E-state index is 10.9. The quantitative estimate of drug-likeness (QED) is 0.542. The Hall–Kier alpha value is -0.710. The number of amides is 1. The molecule has 0 aliphatic heterocycles. The molecule has 0 saturated heterocycles. The van der Waals surface area contributed by atoms with E-state index in [9.17, 15) is 9.59 Å². The Bertz CT molecular complexity index is 259. The van der Waals surface area contributed by atoms with Crippen molar-refractivity contribution in [2.45, 2.75) is 64.8 Å². The molecule has 0 rings (SSSR count). The molecule has 0 aromatic rings. The molecule has 0 fully saturated rings. The fourth-order valence-corrected chi connectivity index (χ4v) is 2.82. The van der Waals surface area contributed by atoms with Crippen LogP contribution in [0.25, 0.3) is 0 Å². The van der Waals surface area contributed by atoms with E-state index in [2.05, 4.69) is 12.2 Å². The summed E-state index contributed by atoms with van der Waals surface area (Å²) in [6.45, 7) is 3.56. The van der Waals surface area contributed by atoms with Crippen molar-refractivity contribution < 1.29 is 14.7 Å². The Morgan fingerprint density at radius 1 is 1.11 bits per heavy atom. The summed E-state index contributed by atoms with van der Waals surface area (Å²) in [7, 11) is 0. The molecule has 0 bridgehead atoms. The van der Waals surface area contributed by atoms with Crippen LogP contribution >= 0.6 is 11.8 Å². The van der Waals surface area contributed by atoms with Crippen LogP contribution < -0.4 is 5.32 Å². The summed E-state index contributed by atoms with van der Waals surface area (Å²) in [6, 6.07) is -0.757. The number of rotatable bonds is 12. The summed E-state index contributed by atoms with van der Waals surface area (Å²) in [4.78, 5) is 21.7. The highest BCUT2D eigenvalue weighted by molar-refractivity contribution is 7.99. The molecule has 0 heterocycles. The van der Waals surface area contributed by atoms with Crippen molar-refractivity contribution in [1.29, 1.82) is 0 Å². The van der Waals surface area contributed by atoms with Crippen molar-refractivity contribution in [1.82, 2.24) is 5.32 Å². The zero-order valence-corrected chi connectivity index (χ0v) is 12.9. The number of carbonyl (C=O) groups is 2. The lowest BCUT2D eigenvalue weighted by molar-refractivity contribution is -0.140. The van der Waals surface area contributed by atoms with E-state index in [1.54, 1.807) is 11.8 Å². The van der Waals surface area contributed by atoms with Gasteiger partial charge in [-0.05, 0) is 12.2 Å². The van der Waals surface area contributed by atoms with Crippen molar-refractivity contribution in [3.05, 3.63) is 0 Å². The third-order valence-corrected chi connectivity index (χ3v) is 4.00. The van der Waals surface area contributed by atoms with Crippen LogP contribution in [0.3, 0.4) is 0 Å². The topological polar surface area (TPSA) is 66.4 Å². The molecule has 0 aromatic heterocycles. The van der Waals surface area contributed by atoms with E-state index < -0.39 is 12.0 Å². The number of carboxylic acids is 1. The predicted octanol–water partition coefficient (Wildman–Crippen LogP) is 3.06. The van der Waals surface area contributed by atoms with Gasteiger partial charge >= 0.3 is 5.97 Å².